The minimum absolute atomic E-state index is 0.272. The molecule has 0 aliphatic rings. The molecule has 0 fully saturated rings. The molecule has 0 saturated carbocycles. The van der Waals surface area contributed by atoms with Gasteiger partial charge in [-0.25, -0.2) is 0 Å². The molecule has 0 saturated heterocycles. The minimum atomic E-state index is -0.464. The van der Waals surface area contributed by atoms with Crippen molar-refractivity contribution in [2.24, 2.45) is 0 Å². The first-order valence-electron chi connectivity index (χ1n) is 10.7. The van der Waals surface area contributed by atoms with Crippen LogP contribution in [0.15, 0.2) is 84.9 Å². The second kappa shape index (κ2) is 8.43. The normalized spacial score (nSPS) is 11.5. The quantitative estimate of drug-likeness (QED) is 0.326. The summed E-state index contributed by atoms with van der Waals surface area (Å²) in [6.07, 6.45) is 0.786. The Morgan fingerprint density at radius 2 is 0.969 bits per heavy atom. The molecule has 0 amide bonds. The third kappa shape index (κ3) is 4.06. The lowest BCUT2D eigenvalue weighted by Gasteiger charge is -2.33. The summed E-state index contributed by atoms with van der Waals surface area (Å²) in [6.45, 7) is 5.99. The molecule has 0 aliphatic carbocycles. The number of phenolic OH excluding ortho intramolecular Hbond substituents is 3. The van der Waals surface area contributed by atoms with Crippen LogP contribution in [0.4, 0.5) is 0 Å². The van der Waals surface area contributed by atoms with Crippen LogP contribution in [-0.4, -0.2) is 15.3 Å². The summed E-state index contributed by atoms with van der Waals surface area (Å²) in [5.74, 6) is 0.831. The van der Waals surface area contributed by atoms with E-state index >= 15 is 0 Å². The van der Waals surface area contributed by atoms with Crippen molar-refractivity contribution in [3.8, 4) is 17.2 Å². The van der Waals surface area contributed by atoms with E-state index in [1.165, 1.54) is 5.56 Å². The molecule has 32 heavy (non-hydrogen) atoms. The first-order valence-corrected chi connectivity index (χ1v) is 10.7. The summed E-state index contributed by atoms with van der Waals surface area (Å²) in [6, 6.07) is 27.4. The molecule has 0 aromatic heterocycles. The van der Waals surface area contributed by atoms with E-state index < -0.39 is 5.41 Å². The summed E-state index contributed by atoms with van der Waals surface area (Å²) in [7, 11) is 0. The van der Waals surface area contributed by atoms with E-state index in [0.29, 0.717) is 0 Å². The molecule has 162 valence electrons. The van der Waals surface area contributed by atoms with Crippen molar-refractivity contribution in [1.82, 2.24) is 0 Å². The molecule has 0 bridgehead atoms. The Morgan fingerprint density at radius 3 is 1.41 bits per heavy atom. The Kier molecular flexibility index (Phi) is 5.67. The molecule has 4 aromatic rings. The lowest BCUT2D eigenvalue weighted by atomic mass is 9.70. The molecular weight excluding hydrogens is 396 g/mol. The van der Waals surface area contributed by atoms with Gasteiger partial charge in [-0.2, -0.15) is 0 Å². The second-order valence-electron chi connectivity index (χ2n) is 8.67. The molecule has 4 rings (SSSR count). The predicted octanol–water partition coefficient (Wildman–Crippen LogP) is 6.37. The van der Waals surface area contributed by atoms with Crippen molar-refractivity contribution >= 4 is 0 Å². The number of hydrogen-bond acceptors (Lipinski definition) is 3. The molecule has 0 spiro atoms. The van der Waals surface area contributed by atoms with Crippen LogP contribution < -0.4 is 0 Å². The Morgan fingerprint density at radius 1 is 0.562 bits per heavy atom. The van der Waals surface area contributed by atoms with E-state index in [1.54, 1.807) is 24.3 Å². The average Bonchev–Trinajstić information content (AvgIpc) is 2.79. The van der Waals surface area contributed by atoms with E-state index in [2.05, 4.69) is 31.2 Å². The Bertz CT molecular complexity index is 1190. The smallest absolute Gasteiger partial charge is 0.118 e. The van der Waals surface area contributed by atoms with Crippen LogP contribution in [0.3, 0.4) is 0 Å². The summed E-state index contributed by atoms with van der Waals surface area (Å²) in [5.41, 5.74) is 6.79. The van der Waals surface area contributed by atoms with E-state index in [-0.39, 0.29) is 17.2 Å². The molecule has 3 nitrogen and oxygen atoms in total. The van der Waals surface area contributed by atoms with Crippen molar-refractivity contribution in [2.45, 2.75) is 32.6 Å². The van der Waals surface area contributed by atoms with Gasteiger partial charge in [-0.05, 0) is 90.4 Å². The summed E-state index contributed by atoms with van der Waals surface area (Å²) >= 11 is 0. The molecule has 0 aliphatic heterocycles. The van der Waals surface area contributed by atoms with E-state index in [0.717, 1.165) is 39.8 Å². The van der Waals surface area contributed by atoms with Gasteiger partial charge in [0.15, 0.2) is 0 Å². The average molecular weight is 425 g/mol. The van der Waals surface area contributed by atoms with Crippen LogP contribution in [0.25, 0.3) is 0 Å². The van der Waals surface area contributed by atoms with Crippen molar-refractivity contribution < 1.29 is 15.3 Å². The van der Waals surface area contributed by atoms with E-state index in [9.17, 15) is 15.3 Å². The number of phenols is 3. The first-order chi connectivity index (χ1) is 15.3. The molecule has 0 radical (unpaired) electrons. The van der Waals surface area contributed by atoms with Crippen LogP contribution in [0, 0.1) is 13.8 Å². The molecule has 4 aromatic carbocycles. The zero-order valence-corrected chi connectivity index (χ0v) is 18.6. The third-order valence-corrected chi connectivity index (χ3v) is 6.42. The van der Waals surface area contributed by atoms with Crippen LogP contribution >= 0.6 is 0 Å². The molecule has 0 unspecified atom stereocenters. The fraction of sp³-hybridized carbons (Fsp3) is 0.172. The largest absolute Gasteiger partial charge is 0.508 e. The lowest BCUT2D eigenvalue weighted by Crippen LogP contribution is -2.25. The summed E-state index contributed by atoms with van der Waals surface area (Å²) in [4.78, 5) is 0. The third-order valence-electron chi connectivity index (χ3n) is 6.42. The van der Waals surface area contributed by atoms with Crippen molar-refractivity contribution in [2.75, 3.05) is 0 Å². The van der Waals surface area contributed by atoms with Gasteiger partial charge >= 0.3 is 0 Å². The van der Waals surface area contributed by atoms with Crippen molar-refractivity contribution in [1.29, 1.82) is 0 Å². The minimum Gasteiger partial charge on any atom is -0.508 e. The van der Waals surface area contributed by atoms with Gasteiger partial charge in [-0.3, -0.25) is 0 Å². The standard InChI is InChI=1S/C29H28O3/c1-19-16-24(10-14-27(19)31)29(3,25-11-15-28(32)20(2)17-25)23-8-4-21(5-9-23)18-22-6-12-26(30)13-7-22/h4-17,30-32H,18H2,1-3H3. The van der Waals surface area contributed by atoms with Gasteiger partial charge in [-0.1, -0.05) is 60.7 Å². The van der Waals surface area contributed by atoms with Gasteiger partial charge in [0.25, 0.3) is 0 Å². The second-order valence-corrected chi connectivity index (χ2v) is 8.67. The molecule has 3 heteroatoms. The predicted molar refractivity (Wildman–Crippen MR) is 129 cm³/mol. The maximum Gasteiger partial charge on any atom is 0.118 e. The van der Waals surface area contributed by atoms with Crippen molar-refractivity contribution in [3.63, 3.8) is 0 Å². The maximum absolute atomic E-state index is 10.1. The summed E-state index contributed by atoms with van der Waals surface area (Å²) < 4.78 is 0. The van der Waals surface area contributed by atoms with Crippen LogP contribution in [0.1, 0.15) is 45.9 Å². The molecule has 0 heterocycles. The van der Waals surface area contributed by atoms with E-state index in [4.69, 9.17) is 0 Å². The highest BCUT2D eigenvalue weighted by atomic mass is 16.3. The van der Waals surface area contributed by atoms with Gasteiger partial charge in [0.2, 0.25) is 0 Å². The Balaban J connectivity index is 1.78. The van der Waals surface area contributed by atoms with Crippen LogP contribution in [-0.2, 0) is 11.8 Å². The number of hydrogen-bond donors (Lipinski definition) is 3. The highest BCUT2D eigenvalue weighted by Crippen LogP contribution is 2.41. The van der Waals surface area contributed by atoms with Gasteiger partial charge in [0.1, 0.15) is 17.2 Å². The number of rotatable bonds is 5. The summed E-state index contributed by atoms with van der Waals surface area (Å²) in [5, 5.41) is 29.7. The number of aryl methyl sites for hydroxylation is 2. The van der Waals surface area contributed by atoms with Crippen molar-refractivity contribution in [3.05, 3.63) is 124 Å². The van der Waals surface area contributed by atoms with Gasteiger partial charge in [0, 0.05) is 5.41 Å². The monoisotopic (exact) mass is 424 g/mol. The lowest BCUT2D eigenvalue weighted by molar-refractivity contribution is 0.470. The van der Waals surface area contributed by atoms with E-state index in [1.807, 2.05) is 50.2 Å². The van der Waals surface area contributed by atoms with Crippen LogP contribution in [0.5, 0.6) is 17.2 Å². The first kappa shape index (κ1) is 21.5. The van der Waals surface area contributed by atoms with Gasteiger partial charge < -0.3 is 15.3 Å². The van der Waals surface area contributed by atoms with Gasteiger partial charge in [-0.15, -0.1) is 0 Å². The van der Waals surface area contributed by atoms with Gasteiger partial charge in [0.05, 0.1) is 0 Å². The maximum atomic E-state index is 10.1. The topological polar surface area (TPSA) is 60.7 Å². The molecular formula is C29H28O3. The SMILES string of the molecule is Cc1cc(C(C)(c2ccc(Cc3ccc(O)cc3)cc2)c2ccc(O)c(C)c2)ccc1O. The molecule has 0 atom stereocenters. The highest BCUT2D eigenvalue weighted by molar-refractivity contribution is 5.54. The fourth-order valence-corrected chi connectivity index (χ4v) is 4.24. The Labute approximate surface area is 189 Å². The highest BCUT2D eigenvalue weighted by Gasteiger charge is 2.32. The molecule has 3 N–H and O–H groups in total. The number of benzene rings is 4. The van der Waals surface area contributed by atoms with Crippen LogP contribution in [0.2, 0.25) is 0 Å². The fourth-order valence-electron chi connectivity index (χ4n) is 4.24. The zero-order valence-electron chi connectivity index (χ0n) is 18.6. The number of aromatic hydroxyl groups is 3. The Hall–Kier alpha value is -3.72. The zero-order chi connectivity index (χ0) is 22.9.